The van der Waals surface area contributed by atoms with Crippen molar-refractivity contribution in [2.75, 3.05) is 6.54 Å². The Labute approximate surface area is 77.7 Å². The lowest BCUT2D eigenvalue weighted by Crippen LogP contribution is -2.20. The van der Waals surface area contributed by atoms with Crippen LogP contribution in [0.15, 0.2) is 37.1 Å². The molecule has 13 heavy (non-hydrogen) atoms. The van der Waals surface area contributed by atoms with Crippen LogP contribution >= 0.6 is 0 Å². The molecular formula is C10H11N3. The van der Waals surface area contributed by atoms with Crippen molar-refractivity contribution in [3.63, 3.8) is 0 Å². The SMILES string of the molecule is C=CCNC(C#N)c1ccccn1. The summed E-state index contributed by atoms with van der Waals surface area (Å²) < 4.78 is 0. The lowest BCUT2D eigenvalue weighted by atomic mass is 10.2. The first-order chi connectivity index (χ1) is 6.38. The number of hydrogen-bond donors (Lipinski definition) is 1. The fourth-order valence-electron chi connectivity index (χ4n) is 0.964. The van der Waals surface area contributed by atoms with Crippen LogP contribution < -0.4 is 5.32 Å². The average molecular weight is 173 g/mol. The largest absolute Gasteiger partial charge is 0.293 e. The topological polar surface area (TPSA) is 48.7 Å². The normalized spacial score (nSPS) is 11.6. The van der Waals surface area contributed by atoms with Gasteiger partial charge in [-0.05, 0) is 12.1 Å². The Hall–Kier alpha value is -1.66. The number of rotatable bonds is 4. The highest BCUT2D eigenvalue weighted by Crippen LogP contribution is 2.06. The van der Waals surface area contributed by atoms with Crippen molar-refractivity contribution in [3.05, 3.63) is 42.7 Å². The molecule has 0 radical (unpaired) electrons. The first-order valence-electron chi connectivity index (χ1n) is 4.03. The molecule has 0 aliphatic rings. The molecule has 1 heterocycles. The maximum Gasteiger partial charge on any atom is 0.138 e. The summed E-state index contributed by atoms with van der Waals surface area (Å²) in [5, 5.41) is 11.8. The minimum Gasteiger partial charge on any atom is -0.293 e. The molecule has 0 aliphatic heterocycles. The Balaban J connectivity index is 2.68. The van der Waals surface area contributed by atoms with Gasteiger partial charge in [-0.2, -0.15) is 5.26 Å². The zero-order valence-electron chi connectivity index (χ0n) is 7.27. The van der Waals surface area contributed by atoms with Gasteiger partial charge in [-0.1, -0.05) is 12.1 Å². The Bertz CT molecular complexity index is 300. The fourth-order valence-corrected chi connectivity index (χ4v) is 0.964. The Kier molecular flexibility index (Phi) is 3.68. The van der Waals surface area contributed by atoms with Crippen molar-refractivity contribution < 1.29 is 0 Å². The van der Waals surface area contributed by atoms with Crippen LogP contribution in [0.2, 0.25) is 0 Å². The van der Waals surface area contributed by atoms with Gasteiger partial charge < -0.3 is 0 Å². The van der Waals surface area contributed by atoms with E-state index in [-0.39, 0.29) is 6.04 Å². The zero-order valence-corrected chi connectivity index (χ0v) is 7.27. The molecule has 0 saturated heterocycles. The van der Waals surface area contributed by atoms with Crippen molar-refractivity contribution in [2.45, 2.75) is 6.04 Å². The minimum absolute atomic E-state index is 0.348. The molecule has 0 aromatic carbocycles. The van der Waals surface area contributed by atoms with Gasteiger partial charge in [-0.25, -0.2) is 0 Å². The number of aromatic nitrogens is 1. The van der Waals surface area contributed by atoms with Crippen molar-refractivity contribution in [1.29, 1.82) is 5.26 Å². The Morgan fingerprint density at radius 2 is 2.54 bits per heavy atom. The van der Waals surface area contributed by atoms with E-state index < -0.39 is 0 Å². The molecule has 1 aromatic heterocycles. The van der Waals surface area contributed by atoms with Crippen LogP contribution in [-0.2, 0) is 0 Å². The van der Waals surface area contributed by atoms with Gasteiger partial charge in [-0.15, -0.1) is 6.58 Å². The summed E-state index contributed by atoms with van der Waals surface area (Å²) in [6.07, 6.45) is 3.39. The average Bonchev–Trinajstić information content (AvgIpc) is 2.21. The molecule has 1 aromatic rings. The summed E-state index contributed by atoms with van der Waals surface area (Å²) in [6, 6.07) is 7.30. The number of nitrogens with zero attached hydrogens (tertiary/aromatic N) is 2. The second-order valence-electron chi connectivity index (χ2n) is 2.51. The summed E-state index contributed by atoms with van der Waals surface area (Å²) in [7, 11) is 0. The summed E-state index contributed by atoms with van der Waals surface area (Å²) in [6.45, 7) is 4.17. The summed E-state index contributed by atoms with van der Waals surface area (Å²) in [5.74, 6) is 0. The van der Waals surface area contributed by atoms with Gasteiger partial charge in [0.2, 0.25) is 0 Å². The highest BCUT2D eigenvalue weighted by molar-refractivity contribution is 5.15. The first kappa shape index (κ1) is 9.43. The van der Waals surface area contributed by atoms with E-state index in [4.69, 9.17) is 5.26 Å². The van der Waals surface area contributed by atoms with E-state index in [1.165, 1.54) is 0 Å². The number of pyridine rings is 1. The number of nitrogens with one attached hydrogen (secondary N) is 1. The summed E-state index contributed by atoms with van der Waals surface area (Å²) >= 11 is 0. The lowest BCUT2D eigenvalue weighted by molar-refractivity contribution is 0.665. The predicted molar refractivity (Wildman–Crippen MR) is 50.8 cm³/mol. The molecule has 0 bridgehead atoms. The molecule has 1 atom stereocenters. The third-order valence-electron chi connectivity index (χ3n) is 1.58. The van der Waals surface area contributed by atoms with E-state index in [0.717, 1.165) is 5.69 Å². The molecule has 0 saturated carbocycles. The second-order valence-corrected chi connectivity index (χ2v) is 2.51. The van der Waals surface area contributed by atoms with Crippen molar-refractivity contribution in [2.24, 2.45) is 0 Å². The van der Waals surface area contributed by atoms with E-state index in [9.17, 15) is 0 Å². The molecule has 1 unspecified atom stereocenters. The maximum atomic E-state index is 8.82. The lowest BCUT2D eigenvalue weighted by Gasteiger charge is -2.07. The fraction of sp³-hybridized carbons (Fsp3) is 0.200. The van der Waals surface area contributed by atoms with E-state index in [1.54, 1.807) is 12.3 Å². The number of hydrogen-bond acceptors (Lipinski definition) is 3. The zero-order chi connectivity index (χ0) is 9.52. The van der Waals surface area contributed by atoms with E-state index in [0.29, 0.717) is 6.54 Å². The van der Waals surface area contributed by atoms with Crippen LogP contribution in [-0.4, -0.2) is 11.5 Å². The van der Waals surface area contributed by atoms with Gasteiger partial charge >= 0.3 is 0 Å². The van der Waals surface area contributed by atoms with Crippen LogP contribution in [0.5, 0.6) is 0 Å². The summed E-state index contributed by atoms with van der Waals surface area (Å²) in [5.41, 5.74) is 0.742. The van der Waals surface area contributed by atoms with Crippen molar-refractivity contribution in [3.8, 4) is 6.07 Å². The van der Waals surface area contributed by atoms with Crippen LogP contribution in [0.3, 0.4) is 0 Å². The molecule has 66 valence electrons. The highest BCUT2D eigenvalue weighted by atomic mass is 14.9. The predicted octanol–water partition coefficient (Wildman–Crippen LogP) is 1.42. The van der Waals surface area contributed by atoms with E-state index in [2.05, 4.69) is 22.9 Å². The van der Waals surface area contributed by atoms with Gasteiger partial charge in [0.05, 0.1) is 11.8 Å². The second kappa shape index (κ2) is 5.07. The van der Waals surface area contributed by atoms with Crippen LogP contribution in [0.25, 0.3) is 0 Å². The monoisotopic (exact) mass is 173 g/mol. The molecule has 0 fully saturated rings. The quantitative estimate of drug-likeness (QED) is 0.700. The van der Waals surface area contributed by atoms with Crippen LogP contribution in [0.1, 0.15) is 11.7 Å². The standard InChI is InChI=1S/C10H11N3/c1-2-6-12-10(8-11)9-5-3-4-7-13-9/h2-5,7,10,12H,1,6H2. The van der Waals surface area contributed by atoms with Crippen molar-refractivity contribution in [1.82, 2.24) is 10.3 Å². The Morgan fingerprint density at radius 3 is 3.08 bits per heavy atom. The minimum atomic E-state index is -0.348. The van der Waals surface area contributed by atoms with Crippen molar-refractivity contribution >= 4 is 0 Å². The smallest absolute Gasteiger partial charge is 0.138 e. The number of nitriles is 1. The Morgan fingerprint density at radius 1 is 1.69 bits per heavy atom. The van der Waals surface area contributed by atoms with Crippen LogP contribution in [0, 0.1) is 11.3 Å². The van der Waals surface area contributed by atoms with Gasteiger partial charge in [0.1, 0.15) is 6.04 Å². The third-order valence-corrected chi connectivity index (χ3v) is 1.58. The van der Waals surface area contributed by atoms with E-state index in [1.807, 2.05) is 18.2 Å². The van der Waals surface area contributed by atoms with E-state index >= 15 is 0 Å². The molecule has 1 rings (SSSR count). The molecule has 0 aliphatic carbocycles. The molecule has 0 amide bonds. The maximum absolute atomic E-state index is 8.82. The molecular weight excluding hydrogens is 162 g/mol. The molecule has 3 nitrogen and oxygen atoms in total. The van der Waals surface area contributed by atoms with Gasteiger partial charge in [0, 0.05) is 12.7 Å². The molecule has 3 heteroatoms. The van der Waals surface area contributed by atoms with Gasteiger partial charge in [0.15, 0.2) is 0 Å². The van der Waals surface area contributed by atoms with Crippen LogP contribution in [0.4, 0.5) is 0 Å². The van der Waals surface area contributed by atoms with Gasteiger partial charge in [0.25, 0.3) is 0 Å². The first-order valence-corrected chi connectivity index (χ1v) is 4.03. The molecule has 1 N–H and O–H groups in total. The summed E-state index contributed by atoms with van der Waals surface area (Å²) in [4.78, 5) is 4.08. The third kappa shape index (κ3) is 2.69. The molecule has 0 spiro atoms. The highest BCUT2D eigenvalue weighted by Gasteiger charge is 2.08. The van der Waals surface area contributed by atoms with Gasteiger partial charge in [-0.3, -0.25) is 10.3 Å².